The van der Waals surface area contributed by atoms with Crippen molar-refractivity contribution in [1.29, 1.82) is 0 Å². The monoisotopic (exact) mass is 991 g/mol. The van der Waals surface area contributed by atoms with Gasteiger partial charge in [-0.3, -0.25) is 24.0 Å². The number of carbonyl (C=O) groups excluding carboxylic acids is 8. The molecule has 3 fully saturated rings. The summed E-state index contributed by atoms with van der Waals surface area (Å²) in [5, 5.41) is 49.4. The van der Waals surface area contributed by atoms with Gasteiger partial charge >= 0.3 is 59.4 Å². The molecule has 2 unspecified atom stereocenters. The fourth-order valence-electron chi connectivity index (χ4n) is 11.0. The normalized spacial score (nSPS) is 29.5. The first kappa shape index (κ1) is 54.5. The van der Waals surface area contributed by atoms with Crippen molar-refractivity contribution in [1.82, 2.24) is 5.32 Å². The molecule has 2 bridgehead atoms. The molecule has 372 valence electrons. The summed E-state index contributed by atoms with van der Waals surface area (Å²) < 4.78 is 36.1. The van der Waals surface area contributed by atoms with Crippen LogP contribution in [-0.4, -0.2) is 124 Å². The molecule has 1 saturated heterocycles. The summed E-state index contributed by atoms with van der Waals surface area (Å²) in [5.41, 5.74) is -5.22. The first-order valence-corrected chi connectivity index (χ1v) is 22.6. The molecular formula is C51H54NNaO18. The van der Waals surface area contributed by atoms with Crippen LogP contribution in [-0.2, 0) is 57.2 Å². The summed E-state index contributed by atoms with van der Waals surface area (Å²) in [7, 11) is 0. The molecule has 20 heteroatoms. The largest absolute Gasteiger partial charge is 1.00 e. The third kappa shape index (κ3) is 10.3. The number of Topliss-reactive ketones (excluding diaryl/α,β-unsaturated/α-hetero) is 1. The van der Waals surface area contributed by atoms with Crippen molar-refractivity contribution in [3.8, 4) is 0 Å². The maximum Gasteiger partial charge on any atom is 1.00 e. The number of aliphatic hydroxyl groups excluding tert-OH is 3. The Morgan fingerprint density at radius 2 is 1.41 bits per heavy atom. The van der Waals surface area contributed by atoms with Crippen molar-refractivity contribution >= 4 is 47.5 Å². The molecule has 19 nitrogen and oxygen atoms in total. The molecule has 4 aliphatic rings. The molecule has 3 aliphatic carbocycles. The molecule has 1 aliphatic heterocycles. The number of rotatable bonds is 14. The molecule has 0 spiro atoms. The van der Waals surface area contributed by atoms with Gasteiger partial charge < -0.3 is 59.0 Å². The number of hydrogen-bond donors (Lipinski definition) is 4. The molecule has 1 amide bonds. The molecule has 71 heavy (non-hydrogen) atoms. The molecule has 0 aromatic heterocycles. The van der Waals surface area contributed by atoms with Gasteiger partial charge in [0.05, 0.1) is 42.0 Å². The van der Waals surface area contributed by atoms with E-state index in [9.17, 15) is 49.2 Å². The van der Waals surface area contributed by atoms with Crippen molar-refractivity contribution in [3.05, 3.63) is 119 Å². The van der Waals surface area contributed by atoms with E-state index in [0.717, 1.165) is 13.8 Å². The Balaban J connectivity index is 0.00000825. The van der Waals surface area contributed by atoms with Crippen LogP contribution in [0.5, 0.6) is 0 Å². The Labute approximate surface area is 430 Å². The van der Waals surface area contributed by atoms with Crippen LogP contribution in [0.4, 0.5) is 0 Å². The molecule has 3 aromatic carbocycles. The molecule has 0 radical (unpaired) electrons. The van der Waals surface area contributed by atoms with Gasteiger partial charge in [-0.25, -0.2) is 9.59 Å². The zero-order valence-electron chi connectivity index (χ0n) is 40.1. The van der Waals surface area contributed by atoms with E-state index in [-0.39, 0.29) is 70.4 Å². The number of benzene rings is 3. The molecule has 1 heterocycles. The quantitative estimate of drug-likeness (QED) is 0.0628. The average Bonchev–Trinajstić information content (AvgIpc) is 3.31. The van der Waals surface area contributed by atoms with Crippen LogP contribution in [0.15, 0.2) is 102 Å². The Hall–Kier alpha value is -5.80. The minimum Gasteiger partial charge on any atom is -0.547 e. The number of hydrogen-bond acceptors (Lipinski definition) is 18. The van der Waals surface area contributed by atoms with Crippen LogP contribution in [0.2, 0.25) is 0 Å². The first-order valence-electron chi connectivity index (χ1n) is 22.6. The van der Waals surface area contributed by atoms with E-state index in [4.69, 9.17) is 28.4 Å². The molecule has 13 atom stereocenters. The Kier molecular flexibility index (Phi) is 16.5. The van der Waals surface area contributed by atoms with Crippen LogP contribution in [0.3, 0.4) is 0 Å². The number of ether oxygens (including phenoxy) is 6. The second-order valence-electron chi connectivity index (χ2n) is 18.8. The molecular weight excluding hydrogens is 938 g/mol. The fourth-order valence-corrected chi connectivity index (χ4v) is 11.0. The SMILES string of the molecule is CC(=O)O[C@H]1C(=O)[C@@]2(C)C([C@H](OC(=O)c3ccccc3)C3[C@@H](O)[C@H](OC(=O)[C@H](OC(=O)C[C@@H](O)C(=O)[O-])[C@@H](NC(=O)c4ccccc4)c4ccccc4)C(C)=C1C3(C)C)[C@]1(OC(C)=O)CO[C@@H]1C[C@@H]2O.[Na+]. The van der Waals surface area contributed by atoms with Crippen molar-refractivity contribution < 1.29 is 117 Å². The number of nitrogens with one attached hydrogen (secondary N) is 1. The average molecular weight is 992 g/mol. The van der Waals surface area contributed by atoms with Crippen LogP contribution < -0.4 is 40.0 Å². The predicted octanol–water partition coefficient (Wildman–Crippen LogP) is -1.35. The number of ketones is 1. The van der Waals surface area contributed by atoms with Crippen molar-refractivity contribution in [2.24, 2.45) is 22.7 Å². The Morgan fingerprint density at radius 1 is 0.831 bits per heavy atom. The van der Waals surface area contributed by atoms with Gasteiger partial charge in [0.2, 0.25) is 6.10 Å². The zero-order valence-corrected chi connectivity index (χ0v) is 42.1. The van der Waals surface area contributed by atoms with Gasteiger partial charge in [0.1, 0.15) is 36.6 Å². The summed E-state index contributed by atoms with van der Waals surface area (Å²) in [6, 6.07) is 21.5. The second kappa shape index (κ2) is 21.5. The summed E-state index contributed by atoms with van der Waals surface area (Å²) >= 11 is 0. The topological polar surface area (TPSA) is 288 Å². The van der Waals surface area contributed by atoms with E-state index in [1.807, 2.05) is 0 Å². The van der Waals surface area contributed by atoms with Gasteiger partial charge in [0.25, 0.3) is 5.91 Å². The Morgan fingerprint density at radius 3 is 1.94 bits per heavy atom. The van der Waals surface area contributed by atoms with Crippen LogP contribution in [0.1, 0.15) is 86.7 Å². The number of aliphatic hydroxyl groups is 3. The predicted molar refractivity (Wildman–Crippen MR) is 237 cm³/mol. The zero-order chi connectivity index (χ0) is 51.0. The summed E-state index contributed by atoms with van der Waals surface area (Å²) in [6.45, 7) is 7.74. The van der Waals surface area contributed by atoms with E-state index in [1.165, 1.54) is 50.2 Å². The van der Waals surface area contributed by atoms with Gasteiger partial charge in [0, 0.05) is 31.7 Å². The minimum atomic E-state index is -2.38. The number of amides is 1. The number of fused-ring (bicyclic) bond motifs is 5. The molecule has 4 N–H and O–H groups in total. The summed E-state index contributed by atoms with van der Waals surface area (Å²) in [5.74, 6) is -12.4. The van der Waals surface area contributed by atoms with Gasteiger partial charge in [0.15, 0.2) is 17.5 Å². The third-order valence-corrected chi connectivity index (χ3v) is 14.1. The number of carbonyl (C=O) groups is 8. The van der Waals surface area contributed by atoms with Gasteiger partial charge in [-0.1, -0.05) is 80.6 Å². The second-order valence-corrected chi connectivity index (χ2v) is 18.8. The van der Waals surface area contributed by atoms with Crippen LogP contribution in [0.25, 0.3) is 0 Å². The van der Waals surface area contributed by atoms with Crippen molar-refractivity contribution in [2.75, 3.05) is 6.61 Å². The van der Waals surface area contributed by atoms with Gasteiger partial charge in [-0.15, -0.1) is 0 Å². The Bertz CT molecular complexity index is 2570. The van der Waals surface area contributed by atoms with Crippen molar-refractivity contribution in [2.45, 2.75) is 115 Å². The number of aliphatic carboxylic acids is 1. The number of carboxylic acids is 1. The first-order chi connectivity index (χ1) is 33.0. The smallest absolute Gasteiger partial charge is 0.547 e. The molecule has 3 aromatic rings. The summed E-state index contributed by atoms with van der Waals surface area (Å²) in [4.78, 5) is 110. The van der Waals surface area contributed by atoms with E-state index < -0.39 is 137 Å². The van der Waals surface area contributed by atoms with E-state index >= 15 is 9.59 Å². The number of esters is 5. The van der Waals surface area contributed by atoms with E-state index in [2.05, 4.69) is 5.32 Å². The summed E-state index contributed by atoms with van der Waals surface area (Å²) in [6.07, 6.45) is -16.2. The minimum absolute atomic E-state index is 0. The maximum atomic E-state index is 15.7. The van der Waals surface area contributed by atoms with E-state index in [1.54, 1.807) is 68.4 Å². The standard InChI is InChI=1S/C51H55NO18.Na/c1-25-35-41(66-26(2)53)44(59)50(6)32(56)23-33-51(24-65-33,70-27(3)54)43(50)40(69-47(63)30-20-14-9-15-21-30)36(49(35,4)5)38(58)39(25)68-48(64)42(67-34(57)22-31(55)46(61)62)37(28-16-10-7-11-17-28)52-45(60)29-18-12-8-13-19-29;/h7-21,31-33,36-43,55-56,58H,22-24H2,1-6H3,(H,52,60)(H,61,62);/q;+1/p-1/t31-,32+,33-,36?,37+,38-,39-,40-,41-,42-,43?,50-,51+;/m1./s1. The van der Waals surface area contributed by atoms with Crippen LogP contribution in [0, 0.1) is 22.7 Å². The van der Waals surface area contributed by atoms with Crippen molar-refractivity contribution in [3.63, 3.8) is 0 Å². The van der Waals surface area contributed by atoms with Gasteiger partial charge in [-0.2, -0.15) is 0 Å². The van der Waals surface area contributed by atoms with Crippen LogP contribution >= 0.6 is 0 Å². The molecule has 7 rings (SSSR count). The van der Waals surface area contributed by atoms with E-state index in [0.29, 0.717) is 0 Å². The molecule has 2 saturated carbocycles. The maximum absolute atomic E-state index is 15.7. The number of carboxylic acid groups (broad SMARTS) is 1. The third-order valence-electron chi connectivity index (χ3n) is 14.1. The van der Waals surface area contributed by atoms with Gasteiger partial charge in [-0.05, 0) is 60.2 Å². The fraction of sp³-hybridized carbons (Fsp3) is 0.451.